The van der Waals surface area contributed by atoms with Crippen LogP contribution >= 0.6 is 0 Å². The molecule has 0 saturated carbocycles. The lowest BCUT2D eigenvalue weighted by Gasteiger charge is -2.37. The van der Waals surface area contributed by atoms with Crippen LogP contribution in [0.4, 0.5) is 5.82 Å². The molecule has 1 atom stereocenters. The van der Waals surface area contributed by atoms with Crippen molar-refractivity contribution in [3.05, 3.63) is 18.7 Å². The van der Waals surface area contributed by atoms with Crippen molar-refractivity contribution >= 4 is 11.5 Å². The van der Waals surface area contributed by atoms with Crippen molar-refractivity contribution in [2.45, 2.75) is 26.3 Å². The van der Waals surface area contributed by atoms with Gasteiger partial charge in [-0.2, -0.15) is 0 Å². The molecule has 0 bridgehead atoms. The summed E-state index contributed by atoms with van der Waals surface area (Å²) in [4.78, 5) is 6.82. The standard InChI is InChI=1S/C13H19N5O/c1-10(2)7-11-8-19-6-5-18(11)12-13-16-15-9-17(13)4-3-14-12/h3-4,9-11H,5-8H2,1-2H3. The number of aromatic nitrogens is 4. The van der Waals surface area contributed by atoms with Gasteiger partial charge in [-0.3, -0.25) is 4.40 Å². The van der Waals surface area contributed by atoms with Crippen LogP contribution in [0.5, 0.6) is 0 Å². The average Bonchev–Trinajstić information content (AvgIpc) is 2.87. The lowest BCUT2D eigenvalue weighted by molar-refractivity contribution is 0.0874. The summed E-state index contributed by atoms with van der Waals surface area (Å²) in [6.07, 6.45) is 6.47. The average molecular weight is 261 g/mol. The van der Waals surface area contributed by atoms with Crippen LogP contribution in [-0.4, -0.2) is 45.4 Å². The minimum Gasteiger partial charge on any atom is -0.377 e. The molecule has 0 radical (unpaired) electrons. The zero-order valence-electron chi connectivity index (χ0n) is 11.4. The van der Waals surface area contributed by atoms with Gasteiger partial charge in [-0.25, -0.2) is 4.98 Å². The van der Waals surface area contributed by atoms with Crippen LogP contribution < -0.4 is 4.90 Å². The van der Waals surface area contributed by atoms with Crippen molar-refractivity contribution in [2.75, 3.05) is 24.7 Å². The highest BCUT2D eigenvalue weighted by Crippen LogP contribution is 2.24. The Labute approximate surface area is 112 Å². The Kier molecular flexibility index (Phi) is 3.33. The number of morpholine rings is 1. The molecule has 1 aliphatic rings. The Morgan fingerprint density at radius 3 is 3.21 bits per heavy atom. The molecule has 6 heteroatoms. The van der Waals surface area contributed by atoms with Gasteiger partial charge in [0, 0.05) is 18.9 Å². The van der Waals surface area contributed by atoms with Crippen LogP contribution in [0, 0.1) is 5.92 Å². The number of rotatable bonds is 3. The summed E-state index contributed by atoms with van der Waals surface area (Å²) >= 11 is 0. The first kappa shape index (κ1) is 12.3. The van der Waals surface area contributed by atoms with E-state index in [4.69, 9.17) is 4.74 Å². The zero-order valence-corrected chi connectivity index (χ0v) is 11.4. The van der Waals surface area contributed by atoms with Gasteiger partial charge in [0.25, 0.3) is 0 Å². The number of anilines is 1. The zero-order chi connectivity index (χ0) is 13.2. The molecule has 0 aliphatic carbocycles. The first-order chi connectivity index (χ1) is 9.25. The highest BCUT2D eigenvalue weighted by atomic mass is 16.5. The second kappa shape index (κ2) is 5.13. The number of hydrogen-bond acceptors (Lipinski definition) is 5. The third-order valence-electron chi connectivity index (χ3n) is 3.44. The quantitative estimate of drug-likeness (QED) is 0.835. The summed E-state index contributed by atoms with van der Waals surface area (Å²) in [5.41, 5.74) is 0.818. The van der Waals surface area contributed by atoms with Crippen LogP contribution in [-0.2, 0) is 4.74 Å². The Bertz CT molecular complexity index is 553. The van der Waals surface area contributed by atoms with Crippen LogP contribution in [0.15, 0.2) is 18.7 Å². The van der Waals surface area contributed by atoms with Gasteiger partial charge in [-0.1, -0.05) is 13.8 Å². The molecule has 6 nitrogen and oxygen atoms in total. The molecular weight excluding hydrogens is 242 g/mol. The Balaban J connectivity index is 1.95. The van der Waals surface area contributed by atoms with E-state index in [9.17, 15) is 0 Å². The first-order valence-electron chi connectivity index (χ1n) is 6.74. The molecule has 0 amide bonds. The van der Waals surface area contributed by atoms with Crippen LogP contribution in [0.25, 0.3) is 5.65 Å². The molecule has 3 rings (SSSR count). The predicted molar refractivity (Wildman–Crippen MR) is 72.2 cm³/mol. The Morgan fingerprint density at radius 1 is 1.47 bits per heavy atom. The number of hydrogen-bond donors (Lipinski definition) is 0. The number of ether oxygens (including phenoxy) is 1. The van der Waals surface area contributed by atoms with Gasteiger partial charge in [0.1, 0.15) is 6.33 Å². The minimum absolute atomic E-state index is 0.365. The van der Waals surface area contributed by atoms with Gasteiger partial charge in [0.05, 0.1) is 19.3 Å². The molecule has 1 fully saturated rings. The van der Waals surface area contributed by atoms with E-state index in [1.54, 1.807) is 12.5 Å². The predicted octanol–water partition coefficient (Wildman–Crippen LogP) is 1.38. The van der Waals surface area contributed by atoms with Gasteiger partial charge in [-0.15, -0.1) is 10.2 Å². The van der Waals surface area contributed by atoms with Crippen molar-refractivity contribution in [1.29, 1.82) is 0 Å². The maximum absolute atomic E-state index is 5.62. The molecule has 0 spiro atoms. The van der Waals surface area contributed by atoms with Crippen molar-refractivity contribution in [1.82, 2.24) is 19.6 Å². The second-order valence-electron chi connectivity index (χ2n) is 5.36. The Hall–Kier alpha value is -1.69. The van der Waals surface area contributed by atoms with E-state index in [-0.39, 0.29) is 0 Å². The molecule has 19 heavy (non-hydrogen) atoms. The van der Waals surface area contributed by atoms with Gasteiger partial charge >= 0.3 is 0 Å². The molecule has 2 aromatic rings. The fourth-order valence-electron chi connectivity index (χ4n) is 2.62. The van der Waals surface area contributed by atoms with Gasteiger partial charge in [0.15, 0.2) is 5.82 Å². The van der Waals surface area contributed by atoms with E-state index < -0.39 is 0 Å². The van der Waals surface area contributed by atoms with Crippen molar-refractivity contribution < 1.29 is 4.74 Å². The van der Waals surface area contributed by atoms with E-state index in [1.807, 2.05) is 10.6 Å². The fourth-order valence-corrected chi connectivity index (χ4v) is 2.62. The molecule has 102 valence electrons. The fraction of sp³-hybridized carbons (Fsp3) is 0.615. The summed E-state index contributed by atoms with van der Waals surface area (Å²) in [6.45, 7) is 6.83. The molecule has 1 unspecified atom stereocenters. The number of fused-ring (bicyclic) bond motifs is 1. The molecule has 1 saturated heterocycles. The SMILES string of the molecule is CC(C)CC1COCCN1c1nccn2cnnc12. The maximum atomic E-state index is 5.62. The minimum atomic E-state index is 0.365. The van der Waals surface area contributed by atoms with Crippen LogP contribution in [0.1, 0.15) is 20.3 Å². The van der Waals surface area contributed by atoms with Crippen molar-refractivity contribution in [2.24, 2.45) is 5.92 Å². The van der Waals surface area contributed by atoms with Gasteiger partial charge < -0.3 is 9.64 Å². The van der Waals surface area contributed by atoms with Gasteiger partial charge in [0.2, 0.25) is 5.65 Å². The van der Waals surface area contributed by atoms with E-state index in [1.165, 1.54) is 0 Å². The van der Waals surface area contributed by atoms with E-state index >= 15 is 0 Å². The van der Waals surface area contributed by atoms with E-state index in [2.05, 4.69) is 33.9 Å². The summed E-state index contributed by atoms with van der Waals surface area (Å²) in [5.74, 6) is 1.54. The maximum Gasteiger partial charge on any atom is 0.203 e. The summed E-state index contributed by atoms with van der Waals surface area (Å²) in [5, 5.41) is 8.13. The molecular formula is C13H19N5O. The molecule has 0 N–H and O–H groups in total. The highest BCUT2D eigenvalue weighted by molar-refractivity contribution is 5.63. The summed E-state index contributed by atoms with van der Waals surface area (Å²) in [6, 6.07) is 0.365. The lowest BCUT2D eigenvalue weighted by atomic mass is 10.0. The monoisotopic (exact) mass is 261 g/mol. The molecule has 1 aliphatic heterocycles. The van der Waals surface area contributed by atoms with Crippen molar-refractivity contribution in [3.63, 3.8) is 0 Å². The molecule has 2 aromatic heterocycles. The normalized spacial score (nSPS) is 20.4. The first-order valence-corrected chi connectivity index (χ1v) is 6.74. The smallest absolute Gasteiger partial charge is 0.203 e. The third kappa shape index (κ3) is 2.40. The van der Waals surface area contributed by atoms with Crippen LogP contribution in [0.3, 0.4) is 0 Å². The topological polar surface area (TPSA) is 55.5 Å². The third-order valence-corrected chi connectivity index (χ3v) is 3.44. The van der Waals surface area contributed by atoms with Crippen LogP contribution in [0.2, 0.25) is 0 Å². The summed E-state index contributed by atoms with van der Waals surface area (Å²) in [7, 11) is 0. The summed E-state index contributed by atoms with van der Waals surface area (Å²) < 4.78 is 7.52. The highest BCUT2D eigenvalue weighted by Gasteiger charge is 2.26. The van der Waals surface area contributed by atoms with Gasteiger partial charge in [-0.05, 0) is 12.3 Å². The molecule has 3 heterocycles. The largest absolute Gasteiger partial charge is 0.377 e. The number of nitrogens with zero attached hydrogens (tertiary/aromatic N) is 5. The van der Waals surface area contributed by atoms with E-state index in [0.717, 1.165) is 37.6 Å². The second-order valence-corrected chi connectivity index (χ2v) is 5.36. The lowest BCUT2D eigenvalue weighted by Crippen LogP contribution is -2.46. The van der Waals surface area contributed by atoms with Crippen molar-refractivity contribution in [3.8, 4) is 0 Å². The Morgan fingerprint density at radius 2 is 2.37 bits per heavy atom. The molecule has 0 aromatic carbocycles. The van der Waals surface area contributed by atoms with E-state index in [0.29, 0.717) is 12.0 Å².